The average Bonchev–Trinajstić information content (AvgIpc) is 2.33. The lowest BCUT2D eigenvalue weighted by molar-refractivity contribution is -0.121. The van der Waals surface area contributed by atoms with Crippen LogP contribution >= 0.6 is 0 Å². The van der Waals surface area contributed by atoms with Crippen LogP contribution in [0.4, 0.5) is 0 Å². The molecule has 10 heavy (non-hydrogen) atoms. The van der Waals surface area contributed by atoms with Crippen LogP contribution in [0.5, 0.6) is 0 Å². The minimum absolute atomic E-state index is 0.0390. The van der Waals surface area contributed by atoms with Gasteiger partial charge in [0.1, 0.15) is 6.04 Å². The lowest BCUT2D eigenvalue weighted by atomic mass is 10.2. The van der Waals surface area contributed by atoms with Gasteiger partial charge in [0.2, 0.25) is 0 Å². The molecule has 1 saturated heterocycles. The monoisotopic (exact) mass is 142 g/mol. The second-order valence-electron chi connectivity index (χ2n) is 2.51. The Balaban J connectivity index is 2.58. The zero-order valence-electron chi connectivity index (χ0n) is 5.91. The fourth-order valence-electron chi connectivity index (χ4n) is 1.26. The average molecular weight is 142 g/mol. The number of carbonyl (C=O) groups excluding carboxylic acids is 1. The fraction of sp³-hybridized carbons (Fsp3) is 0.833. The third-order valence-electron chi connectivity index (χ3n) is 1.80. The van der Waals surface area contributed by atoms with Crippen molar-refractivity contribution in [1.82, 2.24) is 5.01 Å². The van der Waals surface area contributed by atoms with Crippen LogP contribution in [0.3, 0.4) is 0 Å². The topological polar surface area (TPSA) is 49.7 Å². The highest BCUT2D eigenvalue weighted by Gasteiger charge is 2.27. The van der Waals surface area contributed by atoms with E-state index in [1.54, 1.807) is 0 Å². The SMILES string of the molecule is CC(=O)C1CCCN1N=O. The molecule has 1 rings (SSSR count). The number of hydrogen-bond acceptors (Lipinski definition) is 3. The van der Waals surface area contributed by atoms with Gasteiger partial charge < -0.3 is 0 Å². The van der Waals surface area contributed by atoms with E-state index in [1.165, 1.54) is 11.9 Å². The summed E-state index contributed by atoms with van der Waals surface area (Å²) in [6, 6.07) is -0.238. The normalized spacial score (nSPS) is 24.9. The molecule has 0 aromatic carbocycles. The Bertz CT molecular complexity index is 158. The van der Waals surface area contributed by atoms with Crippen molar-refractivity contribution in [1.29, 1.82) is 0 Å². The maximum absolute atomic E-state index is 10.8. The van der Waals surface area contributed by atoms with E-state index < -0.39 is 0 Å². The second-order valence-corrected chi connectivity index (χ2v) is 2.51. The second kappa shape index (κ2) is 2.77. The highest BCUT2D eigenvalue weighted by molar-refractivity contribution is 5.81. The first kappa shape index (κ1) is 7.18. The van der Waals surface area contributed by atoms with E-state index in [2.05, 4.69) is 5.29 Å². The molecule has 0 radical (unpaired) electrons. The van der Waals surface area contributed by atoms with Crippen molar-refractivity contribution < 1.29 is 4.79 Å². The molecule has 0 spiro atoms. The van der Waals surface area contributed by atoms with Gasteiger partial charge in [-0.15, -0.1) is 4.91 Å². The number of ketones is 1. The zero-order chi connectivity index (χ0) is 7.56. The molecular formula is C6H10N2O2. The summed E-state index contributed by atoms with van der Waals surface area (Å²) < 4.78 is 0. The molecule has 0 saturated carbocycles. The summed E-state index contributed by atoms with van der Waals surface area (Å²) in [6.07, 6.45) is 1.68. The molecule has 1 aliphatic heterocycles. The van der Waals surface area contributed by atoms with Gasteiger partial charge in [0, 0.05) is 6.54 Å². The molecule has 0 bridgehead atoms. The highest BCUT2D eigenvalue weighted by atomic mass is 16.3. The van der Waals surface area contributed by atoms with Gasteiger partial charge in [0.25, 0.3) is 0 Å². The Hall–Kier alpha value is -0.930. The highest BCUT2D eigenvalue weighted by Crippen LogP contribution is 2.17. The van der Waals surface area contributed by atoms with E-state index in [-0.39, 0.29) is 11.8 Å². The molecule has 0 N–H and O–H groups in total. The summed E-state index contributed by atoms with van der Waals surface area (Å²) in [7, 11) is 0. The van der Waals surface area contributed by atoms with Gasteiger partial charge in [-0.2, -0.15) is 0 Å². The molecule has 1 aliphatic rings. The Labute approximate surface area is 59.1 Å². The molecule has 0 aliphatic carbocycles. The molecule has 4 heteroatoms. The lowest BCUT2D eigenvalue weighted by Gasteiger charge is -2.13. The third-order valence-corrected chi connectivity index (χ3v) is 1.80. The minimum atomic E-state index is -0.238. The van der Waals surface area contributed by atoms with Crippen LogP contribution in [-0.4, -0.2) is 23.4 Å². The summed E-state index contributed by atoms with van der Waals surface area (Å²) in [6.45, 7) is 2.13. The van der Waals surface area contributed by atoms with Gasteiger partial charge in [-0.1, -0.05) is 0 Å². The first-order valence-corrected chi connectivity index (χ1v) is 3.36. The van der Waals surface area contributed by atoms with Crippen LogP contribution < -0.4 is 0 Å². The molecule has 1 unspecified atom stereocenters. The van der Waals surface area contributed by atoms with Crippen molar-refractivity contribution in [2.24, 2.45) is 5.29 Å². The lowest BCUT2D eigenvalue weighted by Crippen LogP contribution is -2.29. The molecule has 0 amide bonds. The summed E-state index contributed by atoms with van der Waals surface area (Å²) in [5.74, 6) is 0.0390. The van der Waals surface area contributed by atoms with Crippen LogP contribution in [-0.2, 0) is 4.79 Å². The van der Waals surface area contributed by atoms with Crippen molar-refractivity contribution in [2.45, 2.75) is 25.8 Å². The van der Waals surface area contributed by atoms with Gasteiger partial charge in [-0.05, 0) is 19.8 Å². The van der Waals surface area contributed by atoms with Crippen LogP contribution in [0.2, 0.25) is 0 Å². The van der Waals surface area contributed by atoms with Crippen molar-refractivity contribution in [3.8, 4) is 0 Å². The first-order valence-electron chi connectivity index (χ1n) is 3.36. The maximum Gasteiger partial charge on any atom is 0.153 e. The van der Waals surface area contributed by atoms with Crippen molar-refractivity contribution in [2.75, 3.05) is 6.54 Å². The molecule has 56 valence electrons. The van der Waals surface area contributed by atoms with Gasteiger partial charge in [0.05, 0.1) is 5.29 Å². The summed E-state index contributed by atoms with van der Waals surface area (Å²) in [5, 5.41) is 4.07. The van der Waals surface area contributed by atoms with Crippen LogP contribution in [0.15, 0.2) is 5.29 Å². The summed E-state index contributed by atoms with van der Waals surface area (Å²) in [4.78, 5) is 20.8. The van der Waals surface area contributed by atoms with Crippen LogP contribution in [0.25, 0.3) is 0 Å². The standard InChI is InChI=1S/C6H10N2O2/c1-5(9)6-3-2-4-8(6)7-10/h6H,2-4H2,1H3. The Morgan fingerprint density at radius 3 is 2.80 bits per heavy atom. The number of nitrogens with zero attached hydrogens (tertiary/aromatic N) is 2. The van der Waals surface area contributed by atoms with E-state index in [1.807, 2.05) is 0 Å². The van der Waals surface area contributed by atoms with Crippen molar-refractivity contribution in [3.05, 3.63) is 4.91 Å². The molecule has 4 nitrogen and oxygen atoms in total. The molecule has 0 aromatic rings. The fourth-order valence-corrected chi connectivity index (χ4v) is 1.26. The number of hydrogen-bond donors (Lipinski definition) is 0. The predicted molar refractivity (Wildman–Crippen MR) is 36.2 cm³/mol. The summed E-state index contributed by atoms with van der Waals surface area (Å²) >= 11 is 0. The van der Waals surface area contributed by atoms with Gasteiger partial charge in [-0.25, -0.2) is 0 Å². The van der Waals surface area contributed by atoms with Gasteiger partial charge in [-0.3, -0.25) is 9.80 Å². The maximum atomic E-state index is 10.8. The molecule has 0 aromatic heterocycles. The Morgan fingerprint density at radius 2 is 2.40 bits per heavy atom. The number of Topliss-reactive ketones (excluding diaryl/α,β-unsaturated/α-hetero) is 1. The molecule has 1 heterocycles. The Kier molecular flexibility index (Phi) is 1.99. The van der Waals surface area contributed by atoms with E-state index >= 15 is 0 Å². The van der Waals surface area contributed by atoms with E-state index in [0.717, 1.165) is 12.8 Å². The molecule has 1 fully saturated rings. The Morgan fingerprint density at radius 1 is 1.70 bits per heavy atom. The number of nitroso groups, excluding NO2 is 1. The first-order chi connectivity index (χ1) is 4.75. The number of rotatable bonds is 2. The van der Waals surface area contributed by atoms with Crippen LogP contribution in [0, 0.1) is 4.91 Å². The van der Waals surface area contributed by atoms with Gasteiger partial charge in [0.15, 0.2) is 5.78 Å². The third kappa shape index (κ3) is 1.15. The number of carbonyl (C=O) groups is 1. The minimum Gasteiger partial charge on any atom is -0.298 e. The molecular weight excluding hydrogens is 132 g/mol. The van der Waals surface area contributed by atoms with Crippen molar-refractivity contribution in [3.63, 3.8) is 0 Å². The molecule has 1 atom stereocenters. The van der Waals surface area contributed by atoms with Gasteiger partial charge >= 0.3 is 0 Å². The quantitative estimate of drug-likeness (QED) is 0.534. The van der Waals surface area contributed by atoms with E-state index in [4.69, 9.17) is 0 Å². The summed E-state index contributed by atoms with van der Waals surface area (Å²) in [5.41, 5.74) is 0. The van der Waals surface area contributed by atoms with Crippen LogP contribution in [0.1, 0.15) is 19.8 Å². The van der Waals surface area contributed by atoms with E-state index in [0.29, 0.717) is 6.54 Å². The smallest absolute Gasteiger partial charge is 0.153 e. The largest absolute Gasteiger partial charge is 0.298 e. The zero-order valence-corrected chi connectivity index (χ0v) is 5.91. The van der Waals surface area contributed by atoms with Crippen molar-refractivity contribution >= 4 is 5.78 Å². The predicted octanol–water partition coefficient (Wildman–Crippen LogP) is 0.721. The van der Waals surface area contributed by atoms with E-state index in [9.17, 15) is 9.70 Å².